The molecule has 2 heterocycles. The van der Waals surface area contributed by atoms with E-state index >= 15 is 0 Å². The van der Waals surface area contributed by atoms with Gasteiger partial charge < -0.3 is 15.0 Å². The van der Waals surface area contributed by atoms with Gasteiger partial charge in [-0.2, -0.15) is 0 Å². The molecule has 2 aromatic rings. The number of hydrogen-bond acceptors (Lipinski definition) is 6. The number of aromatic nitrogens is 2. The molecule has 0 saturated heterocycles. The lowest BCUT2D eigenvalue weighted by molar-refractivity contribution is -0.125. The minimum absolute atomic E-state index is 0.00648. The number of nitrogens with zero attached hydrogens (tertiary/aromatic N) is 1. The summed E-state index contributed by atoms with van der Waals surface area (Å²) in [5, 5.41) is 3.15. The Morgan fingerprint density at radius 2 is 1.96 bits per heavy atom. The molecule has 1 amide bonds. The lowest BCUT2D eigenvalue weighted by Crippen LogP contribution is -2.38. The molecule has 0 spiro atoms. The average Bonchev–Trinajstić information content (AvgIpc) is 2.81. The van der Waals surface area contributed by atoms with Crippen molar-refractivity contribution in [3.63, 3.8) is 0 Å². The van der Waals surface area contributed by atoms with Gasteiger partial charge in [0.1, 0.15) is 15.5 Å². The number of carbonyl (C=O) groups is 2. The van der Waals surface area contributed by atoms with Gasteiger partial charge in [-0.3, -0.25) is 9.59 Å². The number of ether oxygens (including phenoxy) is 1. The maximum Gasteiger partial charge on any atom is 0.349 e. The highest BCUT2D eigenvalue weighted by Gasteiger charge is 2.21. The molecule has 24 heavy (non-hydrogen) atoms. The molecule has 0 aliphatic rings. The molecule has 130 valence electrons. The highest BCUT2D eigenvalue weighted by molar-refractivity contribution is 7.20. The topological polar surface area (TPSA) is 101 Å². The van der Waals surface area contributed by atoms with Crippen molar-refractivity contribution in [2.45, 2.75) is 40.7 Å². The SMILES string of the molecule is Cc1nc2sc(C(=O)OCC(=O)N[C@@H](C)C(C)C)c(C)c2c(=O)[nH]1. The van der Waals surface area contributed by atoms with Crippen LogP contribution in [0.15, 0.2) is 4.79 Å². The summed E-state index contributed by atoms with van der Waals surface area (Å²) in [4.78, 5) is 43.6. The summed E-state index contributed by atoms with van der Waals surface area (Å²) in [5.74, 6) is -0.207. The fourth-order valence-corrected chi connectivity index (χ4v) is 3.23. The van der Waals surface area contributed by atoms with Crippen molar-refractivity contribution in [2.75, 3.05) is 6.61 Å². The van der Waals surface area contributed by atoms with E-state index in [1.165, 1.54) is 0 Å². The lowest BCUT2D eigenvalue weighted by Gasteiger charge is -2.17. The zero-order valence-corrected chi connectivity index (χ0v) is 15.2. The van der Waals surface area contributed by atoms with Gasteiger partial charge in [0.05, 0.1) is 5.39 Å². The first-order valence-electron chi connectivity index (χ1n) is 7.67. The van der Waals surface area contributed by atoms with Crippen molar-refractivity contribution in [1.82, 2.24) is 15.3 Å². The highest BCUT2D eigenvalue weighted by Crippen LogP contribution is 2.27. The average molecular weight is 351 g/mol. The van der Waals surface area contributed by atoms with Gasteiger partial charge in [-0.15, -0.1) is 11.3 Å². The van der Waals surface area contributed by atoms with Crippen LogP contribution < -0.4 is 10.9 Å². The Labute approximate surface area is 143 Å². The van der Waals surface area contributed by atoms with Crippen LogP contribution in [-0.4, -0.2) is 34.5 Å². The molecular formula is C16H21N3O4S. The van der Waals surface area contributed by atoms with Crippen LogP contribution in [0.3, 0.4) is 0 Å². The Morgan fingerprint density at radius 1 is 1.29 bits per heavy atom. The first kappa shape index (κ1) is 18.1. The minimum Gasteiger partial charge on any atom is -0.451 e. The Morgan fingerprint density at radius 3 is 2.58 bits per heavy atom. The van der Waals surface area contributed by atoms with Gasteiger partial charge in [0, 0.05) is 6.04 Å². The van der Waals surface area contributed by atoms with Crippen LogP contribution in [0.5, 0.6) is 0 Å². The molecule has 7 nitrogen and oxygen atoms in total. The van der Waals surface area contributed by atoms with Crippen molar-refractivity contribution < 1.29 is 14.3 Å². The van der Waals surface area contributed by atoms with E-state index in [4.69, 9.17) is 4.74 Å². The van der Waals surface area contributed by atoms with E-state index < -0.39 is 5.97 Å². The largest absolute Gasteiger partial charge is 0.451 e. The number of carbonyl (C=O) groups excluding carboxylic acids is 2. The third-order valence-corrected chi connectivity index (χ3v) is 4.99. The molecule has 0 aliphatic heterocycles. The van der Waals surface area contributed by atoms with Crippen molar-refractivity contribution in [2.24, 2.45) is 5.92 Å². The summed E-state index contributed by atoms with van der Waals surface area (Å²) in [5.41, 5.74) is 0.235. The number of esters is 1. The van der Waals surface area contributed by atoms with Crippen molar-refractivity contribution in [3.8, 4) is 0 Å². The Balaban J connectivity index is 2.12. The first-order valence-corrected chi connectivity index (χ1v) is 8.48. The summed E-state index contributed by atoms with van der Waals surface area (Å²) >= 11 is 1.09. The standard InChI is InChI=1S/C16H21N3O4S/c1-7(2)9(4)17-11(20)6-23-16(22)13-8(3)12-14(21)18-10(5)19-15(12)24-13/h7,9H,6H2,1-5H3,(H,17,20)(H,18,19,21)/t9-/m0/s1. The highest BCUT2D eigenvalue weighted by atomic mass is 32.1. The smallest absolute Gasteiger partial charge is 0.349 e. The first-order chi connectivity index (χ1) is 11.2. The summed E-state index contributed by atoms with van der Waals surface area (Å²) in [6.45, 7) is 8.86. The Hall–Kier alpha value is -2.22. The van der Waals surface area contributed by atoms with Crippen molar-refractivity contribution in [1.29, 1.82) is 0 Å². The summed E-state index contributed by atoms with van der Waals surface area (Å²) in [6.07, 6.45) is 0. The van der Waals surface area contributed by atoms with Crippen LogP contribution in [0.1, 0.15) is 41.8 Å². The molecule has 0 bridgehead atoms. The van der Waals surface area contributed by atoms with Crippen LogP contribution in [0, 0.1) is 19.8 Å². The maximum absolute atomic E-state index is 12.2. The zero-order valence-electron chi connectivity index (χ0n) is 14.4. The summed E-state index contributed by atoms with van der Waals surface area (Å²) < 4.78 is 5.07. The molecule has 0 unspecified atom stereocenters. The molecule has 2 rings (SSSR count). The van der Waals surface area contributed by atoms with Gasteiger partial charge in [0.15, 0.2) is 6.61 Å². The molecule has 8 heteroatoms. The van der Waals surface area contributed by atoms with Crippen molar-refractivity contribution in [3.05, 3.63) is 26.6 Å². The molecular weight excluding hydrogens is 330 g/mol. The van der Waals surface area contributed by atoms with E-state index in [0.717, 1.165) is 11.3 Å². The fourth-order valence-electron chi connectivity index (χ4n) is 2.11. The molecule has 0 aliphatic carbocycles. The molecule has 0 saturated carbocycles. The predicted octanol–water partition coefficient (Wildman–Crippen LogP) is 1.92. The number of fused-ring (bicyclic) bond motifs is 1. The molecule has 1 atom stereocenters. The molecule has 2 N–H and O–H groups in total. The van der Waals surface area contributed by atoms with Crippen LogP contribution >= 0.6 is 11.3 Å². The molecule has 0 aromatic carbocycles. The second-order valence-electron chi connectivity index (χ2n) is 6.06. The lowest BCUT2D eigenvalue weighted by atomic mass is 10.1. The number of nitrogens with one attached hydrogen (secondary N) is 2. The second-order valence-corrected chi connectivity index (χ2v) is 7.06. The minimum atomic E-state index is -0.625. The quantitative estimate of drug-likeness (QED) is 0.802. The van der Waals surface area contributed by atoms with Gasteiger partial charge in [-0.1, -0.05) is 13.8 Å². The number of aryl methyl sites for hydroxylation is 2. The van der Waals surface area contributed by atoms with E-state index in [1.54, 1.807) is 13.8 Å². The number of amides is 1. The molecule has 0 radical (unpaired) electrons. The monoisotopic (exact) mass is 351 g/mol. The third-order valence-electron chi connectivity index (χ3n) is 3.83. The normalized spacial score (nSPS) is 12.4. The predicted molar refractivity (Wildman–Crippen MR) is 92.4 cm³/mol. The Bertz CT molecular complexity index is 838. The number of thiophene rings is 1. The van der Waals surface area contributed by atoms with Gasteiger partial charge >= 0.3 is 5.97 Å². The van der Waals surface area contributed by atoms with E-state index in [0.29, 0.717) is 26.5 Å². The Kier molecular flexibility index (Phi) is 5.38. The van der Waals surface area contributed by atoms with E-state index in [9.17, 15) is 14.4 Å². The van der Waals surface area contributed by atoms with Crippen LogP contribution in [0.4, 0.5) is 0 Å². The number of rotatable bonds is 5. The number of aromatic amines is 1. The third kappa shape index (κ3) is 3.81. The van der Waals surface area contributed by atoms with Crippen molar-refractivity contribution >= 4 is 33.4 Å². The maximum atomic E-state index is 12.2. The van der Waals surface area contributed by atoms with Crippen LogP contribution in [0.25, 0.3) is 10.2 Å². The van der Waals surface area contributed by atoms with Gasteiger partial charge in [0.25, 0.3) is 11.5 Å². The molecule has 0 fully saturated rings. The van der Waals surface area contributed by atoms with E-state index in [-0.39, 0.29) is 30.0 Å². The summed E-state index contributed by atoms with van der Waals surface area (Å²) in [6, 6.07) is -0.00648. The number of H-pyrrole nitrogens is 1. The summed E-state index contributed by atoms with van der Waals surface area (Å²) in [7, 11) is 0. The van der Waals surface area contributed by atoms with Crippen LogP contribution in [0.2, 0.25) is 0 Å². The van der Waals surface area contributed by atoms with E-state index in [2.05, 4.69) is 15.3 Å². The fraction of sp³-hybridized carbons (Fsp3) is 0.500. The van der Waals surface area contributed by atoms with E-state index in [1.807, 2.05) is 20.8 Å². The van der Waals surface area contributed by atoms with Gasteiger partial charge in [0.2, 0.25) is 0 Å². The van der Waals surface area contributed by atoms with Gasteiger partial charge in [-0.25, -0.2) is 9.78 Å². The van der Waals surface area contributed by atoms with Crippen LogP contribution in [-0.2, 0) is 9.53 Å². The molecule has 2 aromatic heterocycles. The van der Waals surface area contributed by atoms with Gasteiger partial charge in [-0.05, 0) is 32.3 Å². The zero-order chi connectivity index (χ0) is 18.0. The number of hydrogen-bond donors (Lipinski definition) is 2. The second kappa shape index (κ2) is 7.12.